The van der Waals surface area contributed by atoms with E-state index in [0.29, 0.717) is 5.92 Å². The highest BCUT2D eigenvalue weighted by atomic mass is 16.1. The molecule has 5 nitrogen and oxygen atoms in total. The Morgan fingerprint density at radius 3 is 2.30 bits per heavy atom. The number of hydrogen-bond donors (Lipinski definition) is 3. The van der Waals surface area contributed by atoms with Gasteiger partial charge in [0, 0.05) is 32.7 Å². The number of benzene rings is 1. The molecule has 1 aromatic rings. The second-order valence-corrected chi connectivity index (χ2v) is 5.69. The summed E-state index contributed by atoms with van der Waals surface area (Å²) in [5, 5.41) is 9.49. The second-order valence-electron chi connectivity index (χ2n) is 5.69. The lowest BCUT2D eigenvalue weighted by molar-refractivity contribution is -0.114. The summed E-state index contributed by atoms with van der Waals surface area (Å²) in [6.07, 6.45) is 3.27. The molecule has 0 unspecified atom stereocenters. The maximum atomic E-state index is 11.0. The Morgan fingerprint density at radius 2 is 1.78 bits per heavy atom. The Bertz CT molecular complexity index is 492. The predicted molar refractivity (Wildman–Crippen MR) is 97.9 cm³/mol. The molecule has 0 bridgehead atoms. The van der Waals surface area contributed by atoms with Gasteiger partial charge in [-0.25, -0.2) is 0 Å². The molecule has 0 aliphatic rings. The minimum Gasteiger partial charge on any atom is -0.356 e. The third-order valence-electron chi connectivity index (χ3n) is 3.92. The van der Waals surface area contributed by atoms with E-state index >= 15 is 0 Å². The zero-order valence-electron chi connectivity index (χ0n) is 14.8. The summed E-state index contributed by atoms with van der Waals surface area (Å²) < 4.78 is 0. The largest absolute Gasteiger partial charge is 0.356 e. The van der Waals surface area contributed by atoms with Gasteiger partial charge in [0.05, 0.1) is 0 Å². The van der Waals surface area contributed by atoms with Gasteiger partial charge in [0.2, 0.25) is 5.91 Å². The summed E-state index contributed by atoms with van der Waals surface area (Å²) in [7, 11) is 1.80. The van der Waals surface area contributed by atoms with Crippen LogP contribution in [0.1, 0.15) is 39.2 Å². The van der Waals surface area contributed by atoms with Gasteiger partial charge in [0.25, 0.3) is 0 Å². The van der Waals surface area contributed by atoms with Gasteiger partial charge in [-0.15, -0.1) is 0 Å². The molecule has 3 N–H and O–H groups in total. The van der Waals surface area contributed by atoms with E-state index in [-0.39, 0.29) is 5.91 Å². The van der Waals surface area contributed by atoms with E-state index in [1.165, 1.54) is 25.3 Å². The maximum absolute atomic E-state index is 11.0. The van der Waals surface area contributed by atoms with Crippen molar-refractivity contribution in [2.24, 2.45) is 10.9 Å². The number of nitrogens with zero attached hydrogens (tertiary/aromatic N) is 1. The Hall–Kier alpha value is -2.04. The van der Waals surface area contributed by atoms with E-state index < -0.39 is 0 Å². The van der Waals surface area contributed by atoms with Gasteiger partial charge in [0.1, 0.15) is 0 Å². The fraction of sp³-hybridized carbons (Fsp3) is 0.556. The lowest BCUT2D eigenvalue weighted by Gasteiger charge is -2.16. The summed E-state index contributed by atoms with van der Waals surface area (Å²) in [5.41, 5.74) is 2.05. The van der Waals surface area contributed by atoms with Crippen LogP contribution < -0.4 is 16.0 Å². The highest BCUT2D eigenvalue weighted by molar-refractivity contribution is 5.88. The molecule has 0 saturated heterocycles. The van der Waals surface area contributed by atoms with Crippen molar-refractivity contribution in [3.05, 3.63) is 29.8 Å². The van der Waals surface area contributed by atoms with E-state index in [1.807, 2.05) is 24.3 Å². The van der Waals surface area contributed by atoms with E-state index in [1.54, 1.807) is 7.05 Å². The average molecular weight is 318 g/mol. The molecule has 0 spiro atoms. The Kier molecular flexibility index (Phi) is 8.80. The average Bonchev–Trinajstić information content (AvgIpc) is 2.55. The molecule has 0 radical (unpaired) electrons. The first-order valence-electron chi connectivity index (χ1n) is 8.40. The van der Waals surface area contributed by atoms with Crippen LogP contribution in [0.5, 0.6) is 0 Å². The van der Waals surface area contributed by atoms with E-state index in [9.17, 15) is 4.79 Å². The van der Waals surface area contributed by atoms with Gasteiger partial charge < -0.3 is 16.0 Å². The molecule has 23 heavy (non-hydrogen) atoms. The molecule has 0 atom stereocenters. The SMILES string of the molecule is CCC(CC)CNC(=NC)NCCc1ccc(NC(C)=O)cc1. The highest BCUT2D eigenvalue weighted by Gasteiger charge is 2.04. The first kappa shape index (κ1) is 19.0. The fourth-order valence-corrected chi connectivity index (χ4v) is 2.32. The Labute approximate surface area is 140 Å². The quantitative estimate of drug-likeness (QED) is 0.510. The molecule has 128 valence electrons. The lowest BCUT2D eigenvalue weighted by atomic mass is 10.0. The van der Waals surface area contributed by atoms with Crippen LogP contribution in [0.4, 0.5) is 5.69 Å². The van der Waals surface area contributed by atoms with Crippen molar-refractivity contribution in [1.29, 1.82) is 0 Å². The molecule has 0 heterocycles. The van der Waals surface area contributed by atoms with Gasteiger partial charge in [-0.05, 0) is 30.0 Å². The topological polar surface area (TPSA) is 65.5 Å². The maximum Gasteiger partial charge on any atom is 0.221 e. The normalized spacial score (nSPS) is 11.4. The summed E-state index contributed by atoms with van der Waals surface area (Å²) in [6.45, 7) is 7.73. The zero-order valence-corrected chi connectivity index (χ0v) is 14.8. The van der Waals surface area contributed by atoms with Gasteiger partial charge in [-0.2, -0.15) is 0 Å². The first-order valence-corrected chi connectivity index (χ1v) is 8.40. The molecule has 1 rings (SSSR count). The van der Waals surface area contributed by atoms with Crippen LogP contribution in [0.15, 0.2) is 29.3 Å². The van der Waals surface area contributed by atoms with Crippen molar-refractivity contribution in [3.8, 4) is 0 Å². The molecule has 0 saturated carbocycles. The molecule has 0 aliphatic carbocycles. The van der Waals surface area contributed by atoms with Crippen molar-refractivity contribution < 1.29 is 4.79 Å². The number of amides is 1. The molecule has 1 aromatic carbocycles. The third-order valence-corrected chi connectivity index (χ3v) is 3.92. The lowest BCUT2D eigenvalue weighted by Crippen LogP contribution is -2.40. The highest BCUT2D eigenvalue weighted by Crippen LogP contribution is 2.09. The van der Waals surface area contributed by atoms with Crippen molar-refractivity contribution >= 4 is 17.6 Å². The number of hydrogen-bond acceptors (Lipinski definition) is 2. The fourth-order valence-electron chi connectivity index (χ4n) is 2.32. The number of rotatable bonds is 8. The number of guanidine groups is 1. The van der Waals surface area contributed by atoms with Crippen molar-refractivity contribution in [2.45, 2.75) is 40.0 Å². The monoisotopic (exact) mass is 318 g/mol. The van der Waals surface area contributed by atoms with Crippen LogP contribution in [0.3, 0.4) is 0 Å². The van der Waals surface area contributed by atoms with Crippen molar-refractivity contribution in [3.63, 3.8) is 0 Å². The van der Waals surface area contributed by atoms with E-state index in [4.69, 9.17) is 0 Å². The van der Waals surface area contributed by atoms with E-state index in [2.05, 4.69) is 34.8 Å². The van der Waals surface area contributed by atoms with Crippen LogP contribution in [0, 0.1) is 5.92 Å². The molecular weight excluding hydrogens is 288 g/mol. The smallest absolute Gasteiger partial charge is 0.221 e. The minimum atomic E-state index is -0.0493. The molecular formula is C18H30N4O. The minimum absolute atomic E-state index is 0.0493. The molecule has 0 aliphatic heterocycles. The number of carbonyl (C=O) groups excluding carboxylic acids is 1. The summed E-state index contributed by atoms with van der Waals surface area (Å²) >= 11 is 0. The van der Waals surface area contributed by atoms with Crippen LogP contribution in [-0.4, -0.2) is 32.0 Å². The molecule has 0 fully saturated rings. The first-order chi connectivity index (χ1) is 11.1. The molecule has 1 amide bonds. The summed E-state index contributed by atoms with van der Waals surface area (Å²) in [6, 6.07) is 7.93. The molecule has 0 aromatic heterocycles. The van der Waals surface area contributed by atoms with Crippen molar-refractivity contribution in [1.82, 2.24) is 10.6 Å². The summed E-state index contributed by atoms with van der Waals surface area (Å²) in [4.78, 5) is 15.2. The predicted octanol–water partition coefficient (Wildman–Crippen LogP) is 2.79. The van der Waals surface area contributed by atoms with Gasteiger partial charge >= 0.3 is 0 Å². The second kappa shape index (κ2) is 10.6. The van der Waals surface area contributed by atoms with Gasteiger partial charge in [0.15, 0.2) is 5.96 Å². The van der Waals surface area contributed by atoms with Crippen LogP contribution in [-0.2, 0) is 11.2 Å². The standard InChI is InChI=1S/C18H30N4O/c1-5-15(6-2)13-21-18(19-4)20-12-11-16-7-9-17(10-8-16)22-14(3)23/h7-10,15H,5-6,11-13H2,1-4H3,(H,22,23)(H2,19,20,21). The Balaban J connectivity index is 2.35. The molecule has 5 heteroatoms. The van der Waals surface area contributed by atoms with Gasteiger partial charge in [-0.3, -0.25) is 9.79 Å². The summed E-state index contributed by atoms with van der Waals surface area (Å²) in [5.74, 6) is 1.49. The van der Waals surface area contributed by atoms with Crippen LogP contribution in [0.25, 0.3) is 0 Å². The van der Waals surface area contributed by atoms with Crippen LogP contribution >= 0.6 is 0 Å². The number of anilines is 1. The van der Waals surface area contributed by atoms with Crippen LogP contribution in [0.2, 0.25) is 0 Å². The number of aliphatic imine (C=N–C) groups is 1. The zero-order chi connectivity index (χ0) is 17.1. The van der Waals surface area contributed by atoms with E-state index in [0.717, 1.165) is 31.2 Å². The number of nitrogens with one attached hydrogen (secondary N) is 3. The van der Waals surface area contributed by atoms with Crippen molar-refractivity contribution in [2.75, 3.05) is 25.5 Å². The van der Waals surface area contributed by atoms with Gasteiger partial charge in [-0.1, -0.05) is 38.8 Å². The Morgan fingerprint density at radius 1 is 1.13 bits per heavy atom. The number of carbonyl (C=O) groups is 1. The third kappa shape index (κ3) is 7.68.